The monoisotopic (exact) mass is 201 g/mol. The van der Waals surface area contributed by atoms with E-state index in [9.17, 15) is 4.79 Å². The molecule has 0 aliphatic carbocycles. The molecular weight excluding hydrogens is 174 g/mol. The highest BCUT2D eigenvalue weighted by atomic mass is 16.2. The van der Waals surface area contributed by atoms with Crippen molar-refractivity contribution in [1.82, 2.24) is 4.90 Å². The molecule has 0 N–H and O–H groups in total. The molecule has 0 aliphatic heterocycles. The topological polar surface area (TPSA) is 20.3 Å². The predicted octanol–water partition coefficient (Wildman–Crippen LogP) is 3.17. The molecule has 0 aromatic rings. The second-order valence-corrected chi connectivity index (χ2v) is 5.05. The van der Waals surface area contributed by atoms with Gasteiger partial charge in [-0.15, -0.1) is 0 Å². The lowest BCUT2D eigenvalue weighted by Crippen LogP contribution is -2.22. The summed E-state index contributed by atoms with van der Waals surface area (Å²) in [5.74, 6) is 0.926. The zero-order chi connectivity index (χ0) is 11.9. The van der Waals surface area contributed by atoms with Gasteiger partial charge in [0.1, 0.15) is 0 Å². The molecule has 2 heteroatoms. The molecule has 0 spiro atoms. The number of nitrogens with zero attached hydrogens (tertiary/aromatic N) is 1. The fraction of sp³-hybridized carbons (Fsp3) is 0.917. The van der Waals surface area contributed by atoms with E-state index < -0.39 is 0 Å². The molecule has 0 saturated heterocycles. The first-order chi connectivity index (χ1) is 6.12. The number of rotatable bonds is 1. The third-order valence-electron chi connectivity index (χ3n) is 2.74. The summed E-state index contributed by atoms with van der Waals surface area (Å²) in [7, 11) is 1.78. The van der Waals surface area contributed by atoms with E-state index in [0.29, 0.717) is 5.41 Å². The zero-order valence-corrected chi connectivity index (χ0v) is 11.1. The van der Waals surface area contributed by atoms with Crippen LogP contribution in [-0.2, 0) is 4.79 Å². The van der Waals surface area contributed by atoms with Crippen LogP contribution in [0.4, 0.5) is 0 Å². The van der Waals surface area contributed by atoms with Crippen LogP contribution in [0, 0.1) is 11.3 Å². The smallest absolute Gasteiger partial charge is 0.219 e. The molecule has 14 heavy (non-hydrogen) atoms. The first-order valence-electron chi connectivity index (χ1n) is 5.34. The summed E-state index contributed by atoms with van der Waals surface area (Å²) in [5, 5.41) is 0. The molecule has 0 aromatic heterocycles. The average Bonchev–Trinajstić information content (AvgIpc) is 2.02. The molecule has 0 bridgehead atoms. The van der Waals surface area contributed by atoms with E-state index in [1.165, 1.54) is 0 Å². The fourth-order valence-corrected chi connectivity index (χ4v) is 0.223. The highest BCUT2D eigenvalue weighted by Gasteiger charge is 2.13. The van der Waals surface area contributed by atoms with E-state index >= 15 is 0 Å². The van der Waals surface area contributed by atoms with Crippen LogP contribution in [0.5, 0.6) is 0 Å². The molecule has 0 aromatic carbocycles. The second kappa shape index (κ2) is 6.86. The van der Waals surface area contributed by atoms with E-state index in [0.717, 1.165) is 12.5 Å². The van der Waals surface area contributed by atoms with Gasteiger partial charge in [0.25, 0.3) is 0 Å². The van der Waals surface area contributed by atoms with Crippen molar-refractivity contribution >= 4 is 5.91 Å². The first kappa shape index (κ1) is 15.9. The summed E-state index contributed by atoms with van der Waals surface area (Å²) in [5.41, 5.74) is 0.500. The summed E-state index contributed by atoms with van der Waals surface area (Å²) < 4.78 is 0. The lowest BCUT2D eigenvalue weighted by molar-refractivity contribution is -0.127. The van der Waals surface area contributed by atoms with Crippen molar-refractivity contribution in [3.8, 4) is 0 Å². The van der Waals surface area contributed by atoms with Gasteiger partial charge in [0.05, 0.1) is 0 Å². The average molecular weight is 201 g/mol. The van der Waals surface area contributed by atoms with Crippen molar-refractivity contribution in [2.24, 2.45) is 11.3 Å². The molecule has 86 valence electrons. The highest BCUT2D eigenvalue weighted by Crippen LogP contribution is 2.23. The van der Waals surface area contributed by atoms with Crippen LogP contribution in [0.25, 0.3) is 0 Å². The molecule has 0 unspecified atom stereocenters. The van der Waals surface area contributed by atoms with E-state index in [1.807, 2.05) is 6.92 Å². The van der Waals surface area contributed by atoms with Gasteiger partial charge in [-0.1, -0.05) is 34.6 Å². The van der Waals surface area contributed by atoms with E-state index in [-0.39, 0.29) is 5.91 Å². The first-order valence-corrected chi connectivity index (χ1v) is 5.34. The van der Waals surface area contributed by atoms with Crippen LogP contribution in [0.3, 0.4) is 0 Å². The number of carbonyl (C=O) groups excluding carboxylic acids is 1. The van der Waals surface area contributed by atoms with E-state index in [1.54, 1.807) is 18.9 Å². The summed E-state index contributed by atoms with van der Waals surface area (Å²) in [6, 6.07) is 0. The normalized spacial score (nSPS) is 10.6. The van der Waals surface area contributed by atoms with Crippen LogP contribution in [-0.4, -0.2) is 24.4 Å². The minimum absolute atomic E-state index is 0.127. The van der Waals surface area contributed by atoms with Gasteiger partial charge in [0, 0.05) is 20.5 Å². The molecular formula is C12H27NO. The van der Waals surface area contributed by atoms with Crippen molar-refractivity contribution in [1.29, 1.82) is 0 Å². The molecule has 0 saturated carbocycles. The lowest BCUT2D eigenvalue weighted by atomic mass is 9.84. The van der Waals surface area contributed by atoms with Gasteiger partial charge in [-0.05, 0) is 18.3 Å². The summed E-state index contributed by atoms with van der Waals surface area (Å²) >= 11 is 0. The third kappa shape index (κ3) is 9.56. The fourth-order valence-electron chi connectivity index (χ4n) is 0.223. The van der Waals surface area contributed by atoms with Crippen molar-refractivity contribution < 1.29 is 4.79 Å². The van der Waals surface area contributed by atoms with Crippen LogP contribution >= 0.6 is 0 Å². The summed E-state index contributed by atoms with van der Waals surface area (Å²) in [6.45, 7) is 15.6. The quantitative estimate of drug-likeness (QED) is 0.638. The van der Waals surface area contributed by atoms with Gasteiger partial charge in [0.2, 0.25) is 5.91 Å². The Morgan fingerprint density at radius 2 is 1.57 bits per heavy atom. The second-order valence-electron chi connectivity index (χ2n) is 5.05. The van der Waals surface area contributed by atoms with E-state index in [4.69, 9.17) is 0 Å². The van der Waals surface area contributed by atoms with Gasteiger partial charge in [-0.25, -0.2) is 0 Å². The molecule has 0 radical (unpaired) electrons. The third-order valence-corrected chi connectivity index (χ3v) is 2.74. The Bertz CT molecular complexity index is 156. The maximum Gasteiger partial charge on any atom is 0.219 e. The van der Waals surface area contributed by atoms with Crippen molar-refractivity contribution in [2.75, 3.05) is 13.6 Å². The molecule has 0 aliphatic rings. The molecule has 0 fully saturated rings. The van der Waals surface area contributed by atoms with Crippen LogP contribution in [0.15, 0.2) is 0 Å². The van der Waals surface area contributed by atoms with Gasteiger partial charge in [0.15, 0.2) is 0 Å². The maximum atomic E-state index is 10.3. The largest absolute Gasteiger partial charge is 0.346 e. The molecule has 0 heterocycles. The van der Waals surface area contributed by atoms with E-state index in [2.05, 4.69) is 34.6 Å². The minimum atomic E-state index is 0.127. The molecule has 1 amide bonds. The van der Waals surface area contributed by atoms with Crippen molar-refractivity contribution in [3.05, 3.63) is 0 Å². The summed E-state index contributed by atoms with van der Waals surface area (Å²) in [4.78, 5) is 12.0. The Morgan fingerprint density at radius 3 is 1.57 bits per heavy atom. The predicted molar refractivity (Wildman–Crippen MR) is 63.3 cm³/mol. The standard InChI is InChI=1S/C7H16.C5H11NO/c1-6(2)7(3,4)5;1-4-6(3)5(2)7/h6H,1-5H3;4H2,1-3H3. The Balaban J connectivity index is 0. The Kier molecular flexibility index (Phi) is 7.80. The molecule has 2 nitrogen and oxygen atoms in total. The number of amides is 1. The van der Waals surface area contributed by atoms with Crippen LogP contribution in [0.1, 0.15) is 48.5 Å². The number of hydrogen-bond acceptors (Lipinski definition) is 1. The van der Waals surface area contributed by atoms with Crippen molar-refractivity contribution in [2.45, 2.75) is 48.5 Å². The zero-order valence-electron chi connectivity index (χ0n) is 11.1. The minimum Gasteiger partial charge on any atom is -0.346 e. The molecule has 0 rings (SSSR count). The Hall–Kier alpha value is -0.530. The lowest BCUT2D eigenvalue weighted by Gasteiger charge is -2.22. The highest BCUT2D eigenvalue weighted by molar-refractivity contribution is 5.72. The van der Waals surface area contributed by atoms with Gasteiger partial charge >= 0.3 is 0 Å². The summed E-state index contributed by atoms with van der Waals surface area (Å²) in [6.07, 6.45) is 0. The van der Waals surface area contributed by atoms with Gasteiger partial charge in [-0.3, -0.25) is 4.79 Å². The number of hydrogen-bond donors (Lipinski definition) is 0. The number of carbonyl (C=O) groups is 1. The van der Waals surface area contributed by atoms with Gasteiger partial charge < -0.3 is 4.90 Å². The molecule has 0 atom stereocenters. The van der Waals surface area contributed by atoms with Gasteiger partial charge in [-0.2, -0.15) is 0 Å². The van der Waals surface area contributed by atoms with Crippen LogP contribution in [0.2, 0.25) is 0 Å². The maximum absolute atomic E-state index is 10.3. The SMILES string of the molecule is CC(C)C(C)(C)C.CCN(C)C(C)=O. The Morgan fingerprint density at radius 1 is 1.29 bits per heavy atom. The van der Waals surface area contributed by atoms with Crippen LogP contribution < -0.4 is 0 Å². The Labute approximate surface area is 89.7 Å². The van der Waals surface area contributed by atoms with Crippen molar-refractivity contribution in [3.63, 3.8) is 0 Å².